The Bertz CT molecular complexity index is 943. The van der Waals surface area contributed by atoms with E-state index in [2.05, 4.69) is 0 Å². The topological polar surface area (TPSA) is 65.1 Å². The number of amides is 1. The number of benzene rings is 2. The Morgan fingerprint density at radius 2 is 1.76 bits per heavy atom. The summed E-state index contributed by atoms with van der Waals surface area (Å²) in [6, 6.07) is 10.4. The number of rotatable bonds is 3. The number of ether oxygens (including phenoxy) is 3. The van der Waals surface area contributed by atoms with Gasteiger partial charge in [0.2, 0.25) is 0 Å². The Labute approximate surface area is 174 Å². The van der Waals surface area contributed by atoms with Crippen LogP contribution < -0.4 is 14.2 Å². The van der Waals surface area contributed by atoms with Gasteiger partial charge in [0.15, 0.2) is 5.78 Å². The number of carbonyl (C=O) groups is 2. The van der Waals surface area contributed by atoms with E-state index in [0.29, 0.717) is 65.8 Å². The lowest BCUT2D eigenvalue weighted by molar-refractivity contribution is -0.00581. The van der Waals surface area contributed by atoms with Crippen molar-refractivity contribution in [3.05, 3.63) is 52.5 Å². The SMILES string of the molecule is COc1cccc(OC)c1C(=O)N1CCC2(CC1)CC(=O)c1cc(Cl)ccc1O2. The van der Waals surface area contributed by atoms with Gasteiger partial charge in [-0.15, -0.1) is 0 Å². The molecule has 1 spiro atoms. The molecule has 0 radical (unpaired) electrons. The molecule has 2 aromatic carbocycles. The number of likely N-dealkylation sites (tertiary alicyclic amines) is 1. The van der Waals surface area contributed by atoms with Crippen LogP contribution in [0.5, 0.6) is 17.2 Å². The van der Waals surface area contributed by atoms with E-state index in [1.165, 1.54) is 14.2 Å². The van der Waals surface area contributed by atoms with Crippen LogP contribution >= 0.6 is 11.6 Å². The normalized spacial score (nSPS) is 17.5. The Morgan fingerprint density at radius 3 is 2.38 bits per heavy atom. The molecule has 4 rings (SSSR count). The molecule has 0 saturated carbocycles. The zero-order valence-electron chi connectivity index (χ0n) is 16.4. The van der Waals surface area contributed by atoms with Crippen LogP contribution in [0.2, 0.25) is 5.02 Å². The molecule has 2 aromatic rings. The van der Waals surface area contributed by atoms with Crippen molar-refractivity contribution in [2.24, 2.45) is 0 Å². The van der Waals surface area contributed by atoms with E-state index in [1.807, 2.05) is 0 Å². The first kappa shape index (κ1) is 19.6. The number of nitrogens with zero attached hydrogens (tertiary/aromatic N) is 1. The van der Waals surface area contributed by atoms with Crippen LogP contribution in [0.3, 0.4) is 0 Å². The largest absolute Gasteiger partial charge is 0.496 e. The van der Waals surface area contributed by atoms with Gasteiger partial charge in [0.05, 0.1) is 26.2 Å². The van der Waals surface area contributed by atoms with E-state index >= 15 is 0 Å². The Morgan fingerprint density at radius 1 is 1.10 bits per heavy atom. The minimum atomic E-state index is -0.584. The quantitative estimate of drug-likeness (QED) is 0.758. The first-order chi connectivity index (χ1) is 14.0. The first-order valence-corrected chi connectivity index (χ1v) is 9.86. The molecule has 1 fully saturated rings. The molecule has 0 aromatic heterocycles. The maximum absolute atomic E-state index is 13.2. The summed E-state index contributed by atoms with van der Waals surface area (Å²) in [6.07, 6.45) is 1.44. The van der Waals surface area contributed by atoms with E-state index in [-0.39, 0.29) is 11.7 Å². The average molecular weight is 416 g/mol. The monoisotopic (exact) mass is 415 g/mol. The average Bonchev–Trinajstić information content (AvgIpc) is 2.74. The Hall–Kier alpha value is -2.73. The van der Waals surface area contributed by atoms with E-state index in [1.54, 1.807) is 41.3 Å². The van der Waals surface area contributed by atoms with Gasteiger partial charge in [0, 0.05) is 31.0 Å². The third kappa shape index (κ3) is 3.53. The maximum atomic E-state index is 13.2. The number of carbonyl (C=O) groups excluding carboxylic acids is 2. The summed E-state index contributed by atoms with van der Waals surface area (Å²) in [7, 11) is 3.06. The Kier molecular flexibility index (Phi) is 5.13. The van der Waals surface area contributed by atoms with E-state index in [0.717, 1.165) is 0 Å². The highest BCUT2D eigenvalue weighted by Crippen LogP contribution is 2.41. The molecule has 0 atom stereocenters. The fourth-order valence-electron chi connectivity index (χ4n) is 4.08. The minimum absolute atomic E-state index is 0.0277. The molecule has 0 unspecified atom stereocenters. The lowest BCUT2D eigenvalue weighted by Crippen LogP contribution is -2.52. The smallest absolute Gasteiger partial charge is 0.261 e. The van der Waals surface area contributed by atoms with Crippen LogP contribution in [0.4, 0.5) is 0 Å². The van der Waals surface area contributed by atoms with Crippen LogP contribution in [0, 0.1) is 0 Å². The van der Waals surface area contributed by atoms with Crippen molar-refractivity contribution in [3.63, 3.8) is 0 Å². The van der Waals surface area contributed by atoms with Crippen LogP contribution in [0.1, 0.15) is 40.0 Å². The molecule has 2 aliphatic heterocycles. The molecule has 0 aliphatic carbocycles. The molecule has 0 N–H and O–H groups in total. The fourth-order valence-corrected chi connectivity index (χ4v) is 4.25. The van der Waals surface area contributed by atoms with Gasteiger partial charge < -0.3 is 19.1 Å². The number of hydrogen-bond donors (Lipinski definition) is 0. The summed E-state index contributed by atoms with van der Waals surface area (Å²) in [5, 5.41) is 0.517. The molecule has 29 heavy (non-hydrogen) atoms. The highest BCUT2D eigenvalue weighted by molar-refractivity contribution is 6.31. The van der Waals surface area contributed by atoms with Crippen LogP contribution in [-0.2, 0) is 0 Å². The lowest BCUT2D eigenvalue weighted by Gasteiger charge is -2.44. The molecule has 2 heterocycles. The summed E-state index contributed by atoms with van der Waals surface area (Å²) < 4.78 is 17.0. The third-order valence-electron chi connectivity index (χ3n) is 5.65. The predicted octanol–water partition coefficient (Wildman–Crippen LogP) is 4.00. The number of Topliss-reactive ketones (excluding diaryl/α,β-unsaturated/α-hetero) is 1. The molecule has 0 bridgehead atoms. The maximum Gasteiger partial charge on any atom is 0.261 e. The second-order valence-electron chi connectivity index (χ2n) is 7.36. The van der Waals surface area contributed by atoms with Gasteiger partial charge in [0.1, 0.15) is 28.4 Å². The van der Waals surface area contributed by atoms with Crippen molar-refractivity contribution in [1.29, 1.82) is 0 Å². The van der Waals surface area contributed by atoms with Crippen LogP contribution in [0.15, 0.2) is 36.4 Å². The summed E-state index contributed by atoms with van der Waals surface area (Å²) in [5.74, 6) is 1.40. The standard InChI is InChI=1S/C22H22ClNO5/c1-27-18-4-3-5-19(28-2)20(18)21(26)24-10-8-22(9-11-24)13-16(25)15-12-14(23)6-7-17(15)29-22/h3-7,12H,8-11,13H2,1-2H3. The van der Waals surface area contributed by atoms with Crippen molar-refractivity contribution in [3.8, 4) is 17.2 Å². The molecular formula is C22H22ClNO5. The van der Waals surface area contributed by atoms with Crippen molar-refractivity contribution in [2.75, 3.05) is 27.3 Å². The number of piperidine rings is 1. The molecule has 6 nitrogen and oxygen atoms in total. The predicted molar refractivity (Wildman–Crippen MR) is 108 cm³/mol. The van der Waals surface area contributed by atoms with Gasteiger partial charge in [-0.3, -0.25) is 9.59 Å². The van der Waals surface area contributed by atoms with Gasteiger partial charge in [-0.05, 0) is 30.3 Å². The first-order valence-electron chi connectivity index (χ1n) is 9.48. The van der Waals surface area contributed by atoms with Crippen molar-refractivity contribution in [1.82, 2.24) is 4.90 Å². The summed E-state index contributed by atoms with van der Waals surface area (Å²) in [5.41, 5.74) is 0.356. The minimum Gasteiger partial charge on any atom is -0.496 e. The third-order valence-corrected chi connectivity index (χ3v) is 5.89. The molecular weight excluding hydrogens is 394 g/mol. The number of halogens is 1. The zero-order valence-corrected chi connectivity index (χ0v) is 17.1. The van der Waals surface area contributed by atoms with Gasteiger partial charge in [-0.2, -0.15) is 0 Å². The summed E-state index contributed by atoms with van der Waals surface area (Å²) in [4.78, 5) is 27.6. The van der Waals surface area contributed by atoms with E-state index < -0.39 is 5.60 Å². The molecule has 152 valence electrons. The number of hydrogen-bond acceptors (Lipinski definition) is 5. The lowest BCUT2D eigenvalue weighted by atomic mass is 9.82. The Balaban J connectivity index is 1.53. The number of methoxy groups -OCH3 is 2. The molecule has 2 aliphatic rings. The second kappa shape index (κ2) is 7.59. The molecule has 1 amide bonds. The van der Waals surface area contributed by atoms with E-state index in [4.69, 9.17) is 25.8 Å². The number of fused-ring (bicyclic) bond motifs is 1. The highest BCUT2D eigenvalue weighted by Gasteiger charge is 2.44. The zero-order chi connectivity index (χ0) is 20.6. The fraction of sp³-hybridized carbons (Fsp3) is 0.364. The van der Waals surface area contributed by atoms with Crippen molar-refractivity contribution >= 4 is 23.3 Å². The highest BCUT2D eigenvalue weighted by atomic mass is 35.5. The number of ketones is 1. The second-order valence-corrected chi connectivity index (χ2v) is 7.79. The van der Waals surface area contributed by atoms with Crippen molar-refractivity contribution in [2.45, 2.75) is 24.9 Å². The van der Waals surface area contributed by atoms with E-state index in [9.17, 15) is 9.59 Å². The van der Waals surface area contributed by atoms with Crippen LogP contribution in [0.25, 0.3) is 0 Å². The van der Waals surface area contributed by atoms with Gasteiger partial charge in [0.25, 0.3) is 5.91 Å². The summed E-state index contributed by atoms with van der Waals surface area (Å²) in [6.45, 7) is 0.965. The molecule has 7 heteroatoms. The molecule has 1 saturated heterocycles. The van der Waals surface area contributed by atoms with Crippen LogP contribution in [-0.4, -0.2) is 49.5 Å². The van der Waals surface area contributed by atoms with Gasteiger partial charge >= 0.3 is 0 Å². The summed E-state index contributed by atoms with van der Waals surface area (Å²) >= 11 is 6.01. The van der Waals surface area contributed by atoms with Crippen molar-refractivity contribution < 1.29 is 23.8 Å². The van der Waals surface area contributed by atoms with Gasteiger partial charge in [-0.25, -0.2) is 0 Å². The van der Waals surface area contributed by atoms with Gasteiger partial charge in [-0.1, -0.05) is 17.7 Å².